The fourth-order valence-corrected chi connectivity index (χ4v) is 7.70. The van der Waals surface area contributed by atoms with Gasteiger partial charge in [0.25, 0.3) is 0 Å². The van der Waals surface area contributed by atoms with Crippen LogP contribution in [0.5, 0.6) is 0 Å². The summed E-state index contributed by atoms with van der Waals surface area (Å²) in [7, 11) is 1.23. The van der Waals surface area contributed by atoms with Crippen LogP contribution in [-0.4, -0.2) is 99.3 Å². The van der Waals surface area contributed by atoms with E-state index in [2.05, 4.69) is 25.9 Å². The number of ether oxygens (including phenoxy) is 1. The molecule has 1 fully saturated rings. The number of nitrogens with zero attached hydrogens (tertiary/aromatic N) is 4. The molecule has 0 bridgehead atoms. The van der Waals surface area contributed by atoms with Gasteiger partial charge in [-0.15, -0.1) is 0 Å². The van der Waals surface area contributed by atoms with Crippen molar-refractivity contribution < 1.29 is 29.0 Å². The van der Waals surface area contributed by atoms with Crippen LogP contribution in [0.3, 0.4) is 0 Å². The number of methoxy groups -OCH3 is 1. The van der Waals surface area contributed by atoms with Crippen LogP contribution in [0.4, 0.5) is 9.59 Å². The van der Waals surface area contributed by atoms with E-state index in [0.717, 1.165) is 33.8 Å². The number of urea groups is 1. The van der Waals surface area contributed by atoms with Crippen molar-refractivity contribution in [3.05, 3.63) is 120 Å². The molecule has 60 heavy (non-hydrogen) atoms. The van der Waals surface area contributed by atoms with Crippen molar-refractivity contribution in [2.24, 2.45) is 10.8 Å². The summed E-state index contributed by atoms with van der Waals surface area (Å²) in [5.41, 5.74) is 3.85. The summed E-state index contributed by atoms with van der Waals surface area (Å²) < 4.78 is 4.82. The zero-order valence-electron chi connectivity index (χ0n) is 36.1. The maximum atomic E-state index is 14.7. The Labute approximate surface area is 354 Å². The second-order valence-corrected chi connectivity index (χ2v) is 17.8. The predicted octanol–water partition coefficient (Wildman–Crippen LogP) is 6.08. The molecule has 0 saturated carbocycles. The molecule has 1 aliphatic heterocycles. The highest BCUT2D eigenvalue weighted by molar-refractivity contribution is 5.89. The van der Waals surface area contributed by atoms with Crippen LogP contribution >= 0.6 is 0 Å². The number of carbonyl (C=O) groups excluding carboxylic acids is 4. The van der Waals surface area contributed by atoms with E-state index in [1.165, 1.54) is 7.11 Å². The molecule has 5 rings (SSSR count). The molecule has 0 unspecified atom stereocenters. The van der Waals surface area contributed by atoms with Crippen LogP contribution in [0.2, 0.25) is 0 Å². The minimum Gasteiger partial charge on any atom is -0.453 e. The molecule has 320 valence electrons. The van der Waals surface area contributed by atoms with Crippen LogP contribution in [0, 0.1) is 17.8 Å². The van der Waals surface area contributed by atoms with Gasteiger partial charge in [-0.3, -0.25) is 19.6 Å². The third-order valence-electron chi connectivity index (χ3n) is 10.7. The van der Waals surface area contributed by atoms with Crippen molar-refractivity contribution >= 4 is 23.9 Å². The summed E-state index contributed by atoms with van der Waals surface area (Å²) in [6.07, 6.45) is 0.534. The topological polar surface area (TPSA) is 166 Å². The van der Waals surface area contributed by atoms with Crippen molar-refractivity contribution in [2.45, 2.75) is 105 Å². The van der Waals surface area contributed by atoms with E-state index >= 15 is 0 Å². The van der Waals surface area contributed by atoms with Crippen molar-refractivity contribution in [2.75, 3.05) is 20.2 Å². The monoisotopic (exact) mass is 819 g/mol. The van der Waals surface area contributed by atoms with Crippen molar-refractivity contribution in [1.29, 1.82) is 0 Å². The molecule has 13 heteroatoms. The van der Waals surface area contributed by atoms with E-state index in [9.17, 15) is 24.3 Å². The summed E-state index contributed by atoms with van der Waals surface area (Å²) in [6.45, 7) is 14.4. The molecule has 4 N–H and O–H groups in total. The number of alkyl carbamates (subject to hydrolysis) is 1. The molecule has 1 saturated heterocycles. The Balaban J connectivity index is 1.43. The lowest BCUT2D eigenvalue weighted by Crippen LogP contribution is -2.59. The van der Waals surface area contributed by atoms with Crippen LogP contribution in [-0.2, 0) is 33.7 Å². The zero-order valence-corrected chi connectivity index (χ0v) is 36.1. The fraction of sp³-hybridized carbons (Fsp3) is 0.447. The first-order valence-corrected chi connectivity index (χ1v) is 20.6. The summed E-state index contributed by atoms with van der Waals surface area (Å²) >= 11 is 0. The van der Waals surface area contributed by atoms with Gasteiger partial charge in [0.15, 0.2) is 0 Å². The van der Waals surface area contributed by atoms with Crippen molar-refractivity contribution in [3.63, 3.8) is 0 Å². The van der Waals surface area contributed by atoms with E-state index in [1.54, 1.807) is 16.0 Å². The lowest BCUT2D eigenvalue weighted by Gasteiger charge is -2.38. The van der Waals surface area contributed by atoms with E-state index in [1.807, 2.05) is 139 Å². The number of pyridine rings is 2. The normalized spacial score (nSPS) is 15.7. The molecular weight excluding hydrogens is 759 g/mol. The molecule has 4 aromatic rings. The smallest absolute Gasteiger partial charge is 0.407 e. The average molecular weight is 820 g/mol. The third-order valence-corrected chi connectivity index (χ3v) is 10.7. The minimum absolute atomic E-state index is 0.0616. The van der Waals surface area contributed by atoms with Gasteiger partial charge in [-0.1, -0.05) is 108 Å². The number of aromatic nitrogens is 2. The first-order valence-electron chi connectivity index (χ1n) is 20.6. The number of hydrogen-bond acceptors (Lipinski definition) is 8. The number of amides is 5. The van der Waals surface area contributed by atoms with E-state index in [0.29, 0.717) is 26.1 Å². The number of carbonyl (C=O) groups is 4. The quantitative estimate of drug-likeness (QED) is 0.106. The number of nitrogens with one attached hydrogen (secondary N) is 3. The van der Waals surface area contributed by atoms with Gasteiger partial charge in [0.2, 0.25) is 11.8 Å². The standard InChI is InChI=1S/C47H61N7O6/c1-31-15-14-18-35(49-31)30-53-25-26-54(45(53)59)41(47(5,6)7)43(57)50-36(27-33-20-22-34(23-21-33)37-19-12-13-24-48-37)29-39(55)38(28-32-16-10-9-11-17-32)51-42(56)40(46(2,3)4)52-44(58)60-8/h9-24,36,38-41,55H,25-30H2,1-8H3,(H,50,57)(H,51,56)(H,52,58)/t36-,38-,39-,40+,41+/m0/s1. The van der Waals surface area contributed by atoms with Gasteiger partial charge in [-0.05, 0) is 72.4 Å². The number of aryl methyl sites for hydroxylation is 1. The second-order valence-electron chi connectivity index (χ2n) is 17.8. The predicted molar refractivity (Wildman–Crippen MR) is 232 cm³/mol. The van der Waals surface area contributed by atoms with E-state index < -0.39 is 53.1 Å². The van der Waals surface area contributed by atoms with Crippen LogP contribution in [0.15, 0.2) is 97.2 Å². The molecule has 1 aliphatic rings. The molecule has 13 nitrogen and oxygen atoms in total. The highest BCUT2D eigenvalue weighted by atomic mass is 16.5. The molecule has 0 radical (unpaired) electrons. The molecule has 0 spiro atoms. The summed E-state index contributed by atoms with van der Waals surface area (Å²) in [5, 5.41) is 21.1. The highest BCUT2D eigenvalue weighted by Gasteiger charge is 2.44. The number of benzene rings is 2. The largest absolute Gasteiger partial charge is 0.453 e. The zero-order chi connectivity index (χ0) is 43.6. The maximum absolute atomic E-state index is 14.7. The molecule has 5 atom stereocenters. The molecular formula is C47H61N7O6. The average Bonchev–Trinajstić information content (AvgIpc) is 3.54. The Morgan fingerprint density at radius 1 is 0.783 bits per heavy atom. The lowest BCUT2D eigenvalue weighted by molar-refractivity contribution is -0.130. The van der Waals surface area contributed by atoms with Crippen LogP contribution in [0.1, 0.15) is 70.5 Å². The molecule has 0 aliphatic carbocycles. The summed E-state index contributed by atoms with van der Waals surface area (Å²) in [4.78, 5) is 67.4. The highest BCUT2D eigenvalue weighted by Crippen LogP contribution is 2.29. The number of rotatable bonds is 16. The molecule has 5 amide bonds. The lowest BCUT2D eigenvalue weighted by atomic mass is 9.84. The van der Waals surface area contributed by atoms with Gasteiger partial charge < -0.3 is 35.6 Å². The Morgan fingerprint density at radius 3 is 2.08 bits per heavy atom. The van der Waals surface area contributed by atoms with Gasteiger partial charge in [-0.2, -0.15) is 0 Å². The van der Waals surface area contributed by atoms with Gasteiger partial charge in [0.05, 0.1) is 37.2 Å². The summed E-state index contributed by atoms with van der Waals surface area (Å²) in [6, 6.07) is 25.4. The number of aliphatic hydroxyl groups is 1. The molecule has 2 aromatic carbocycles. The van der Waals surface area contributed by atoms with Crippen LogP contribution < -0.4 is 16.0 Å². The maximum Gasteiger partial charge on any atom is 0.407 e. The van der Waals surface area contributed by atoms with Crippen molar-refractivity contribution in [1.82, 2.24) is 35.7 Å². The van der Waals surface area contributed by atoms with Gasteiger partial charge >= 0.3 is 12.1 Å². The second kappa shape index (κ2) is 20.0. The number of hydrogen-bond donors (Lipinski definition) is 4. The third kappa shape index (κ3) is 12.4. The first kappa shape index (κ1) is 45.3. The van der Waals surface area contributed by atoms with Gasteiger partial charge in [-0.25, -0.2) is 9.59 Å². The van der Waals surface area contributed by atoms with Crippen molar-refractivity contribution in [3.8, 4) is 11.3 Å². The first-order chi connectivity index (χ1) is 28.4. The van der Waals surface area contributed by atoms with E-state index in [-0.39, 0.29) is 24.8 Å². The SMILES string of the molecule is COC(=O)N[C@H](C(=O)N[C@@H](Cc1ccccc1)[C@@H](O)C[C@H](Cc1ccc(-c2ccccn2)cc1)NC(=O)[C@@H](N1CCN(Cc2cccc(C)n2)C1=O)C(C)(C)C)C(C)(C)C. The molecule has 2 aromatic heterocycles. The Hall–Kier alpha value is -5.82. The Kier molecular flexibility index (Phi) is 15.1. The fourth-order valence-electron chi connectivity index (χ4n) is 7.70. The summed E-state index contributed by atoms with van der Waals surface area (Å²) in [5.74, 6) is -0.822. The Morgan fingerprint density at radius 2 is 1.47 bits per heavy atom. The van der Waals surface area contributed by atoms with Gasteiger partial charge in [0.1, 0.15) is 12.1 Å². The Bertz CT molecular complexity index is 2050. The van der Waals surface area contributed by atoms with Gasteiger partial charge in [0, 0.05) is 36.6 Å². The molecule has 3 heterocycles. The van der Waals surface area contributed by atoms with Crippen LogP contribution in [0.25, 0.3) is 11.3 Å². The minimum atomic E-state index is -1.15. The van der Waals surface area contributed by atoms with E-state index in [4.69, 9.17) is 4.74 Å². The number of aliphatic hydroxyl groups excluding tert-OH is 1.